The summed E-state index contributed by atoms with van der Waals surface area (Å²) in [6.07, 6.45) is 1.46. The van der Waals surface area contributed by atoms with E-state index < -0.39 is 14.8 Å². The second-order valence-corrected chi connectivity index (χ2v) is 6.43. The molecule has 6 nitrogen and oxygen atoms in total. The van der Waals surface area contributed by atoms with Gasteiger partial charge < -0.3 is 28.2 Å². The lowest BCUT2D eigenvalue weighted by Gasteiger charge is -2.37. The van der Waals surface area contributed by atoms with Gasteiger partial charge in [-0.3, -0.25) is 0 Å². The van der Waals surface area contributed by atoms with Gasteiger partial charge in [0.15, 0.2) is 5.79 Å². The van der Waals surface area contributed by atoms with E-state index in [1.165, 1.54) is 0 Å². The third kappa shape index (κ3) is 9.68. The minimum absolute atomic E-state index is 0.464. The quantitative estimate of drug-likeness (QED) is 0.316. The van der Waals surface area contributed by atoms with Crippen LogP contribution in [0.3, 0.4) is 0 Å². The minimum atomic E-state index is -3.18. The summed E-state index contributed by atoms with van der Waals surface area (Å²) in [6.45, 7) is 18.0. The van der Waals surface area contributed by atoms with E-state index in [2.05, 4.69) is 13.2 Å². The standard InChI is InChI=1S/C13H31NO5Si.C2H4/c1-6-15-13(5,11-10-12-14)19-20(16-7-2,17-8-3)18-9-4;1-2/h6-12,14H2,1-5H3;1-2H2. The number of ether oxygens (including phenoxy) is 1. The van der Waals surface area contributed by atoms with Crippen LogP contribution in [0.2, 0.25) is 0 Å². The fourth-order valence-corrected chi connectivity index (χ4v) is 4.07. The summed E-state index contributed by atoms with van der Waals surface area (Å²) in [5.74, 6) is -0.806. The largest absolute Gasteiger partial charge is 0.681 e. The molecule has 22 heavy (non-hydrogen) atoms. The smallest absolute Gasteiger partial charge is 0.351 e. The van der Waals surface area contributed by atoms with Gasteiger partial charge in [-0.05, 0) is 47.6 Å². The van der Waals surface area contributed by atoms with Crippen LogP contribution in [-0.4, -0.2) is 47.8 Å². The van der Waals surface area contributed by atoms with Crippen molar-refractivity contribution in [2.24, 2.45) is 5.73 Å². The van der Waals surface area contributed by atoms with Gasteiger partial charge in [0.05, 0.1) is 0 Å². The van der Waals surface area contributed by atoms with E-state index >= 15 is 0 Å². The Morgan fingerprint density at radius 3 is 1.68 bits per heavy atom. The zero-order valence-corrected chi connectivity index (χ0v) is 16.0. The maximum atomic E-state index is 6.08. The molecule has 0 bridgehead atoms. The first kappa shape index (κ1) is 24.0. The van der Waals surface area contributed by atoms with Crippen molar-refractivity contribution in [1.29, 1.82) is 0 Å². The van der Waals surface area contributed by atoms with Crippen LogP contribution in [0, 0.1) is 0 Å². The van der Waals surface area contributed by atoms with Gasteiger partial charge in [0, 0.05) is 32.8 Å². The zero-order chi connectivity index (χ0) is 17.5. The normalized spacial score (nSPS) is 14.1. The topological polar surface area (TPSA) is 72.2 Å². The molecule has 0 aromatic heterocycles. The van der Waals surface area contributed by atoms with Crippen molar-refractivity contribution in [1.82, 2.24) is 0 Å². The van der Waals surface area contributed by atoms with Crippen LogP contribution in [0.5, 0.6) is 0 Å². The summed E-state index contributed by atoms with van der Waals surface area (Å²) in [6, 6.07) is 0. The number of nitrogens with two attached hydrogens (primary N) is 1. The van der Waals surface area contributed by atoms with E-state index in [0.717, 1.165) is 6.42 Å². The Morgan fingerprint density at radius 1 is 0.909 bits per heavy atom. The molecule has 0 aliphatic rings. The van der Waals surface area contributed by atoms with E-state index in [9.17, 15) is 0 Å². The molecular weight excluding hydrogens is 302 g/mol. The summed E-state index contributed by atoms with van der Waals surface area (Å²) in [5, 5.41) is 0. The van der Waals surface area contributed by atoms with Crippen molar-refractivity contribution in [2.75, 3.05) is 33.0 Å². The number of rotatable bonds is 13. The molecule has 0 amide bonds. The average Bonchev–Trinajstić information content (AvgIpc) is 2.48. The first-order valence-corrected chi connectivity index (χ1v) is 9.60. The Bertz CT molecular complexity index is 241. The number of hydrogen-bond donors (Lipinski definition) is 1. The summed E-state index contributed by atoms with van der Waals surface area (Å²) >= 11 is 0. The van der Waals surface area contributed by atoms with Crippen LogP contribution in [0.1, 0.15) is 47.5 Å². The third-order valence-corrected chi connectivity index (χ3v) is 5.20. The first-order valence-electron chi connectivity index (χ1n) is 7.97. The highest BCUT2D eigenvalue weighted by Gasteiger charge is 2.50. The fraction of sp³-hybridized carbons (Fsp3) is 0.867. The Morgan fingerprint density at radius 2 is 1.36 bits per heavy atom. The van der Waals surface area contributed by atoms with Crippen molar-refractivity contribution in [3.63, 3.8) is 0 Å². The van der Waals surface area contributed by atoms with Crippen LogP contribution in [0.4, 0.5) is 0 Å². The molecule has 2 N–H and O–H groups in total. The lowest BCUT2D eigenvalue weighted by atomic mass is 10.2. The van der Waals surface area contributed by atoms with Gasteiger partial charge in [0.25, 0.3) is 0 Å². The highest BCUT2D eigenvalue weighted by molar-refractivity contribution is 6.53. The maximum Gasteiger partial charge on any atom is 0.681 e. The molecule has 7 heteroatoms. The number of hydrogen-bond acceptors (Lipinski definition) is 6. The second-order valence-electron chi connectivity index (χ2n) is 4.36. The summed E-state index contributed by atoms with van der Waals surface area (Å²) in [5.41, 5.74) is 5.58. The lowest BCUT2D eigenvalue weighted by Crippen LogP contribution is -2.55. The Labute approximate surface area is 137 Å². The molecule has 0 aliphatic heterocycles. The minimum Gasteiger partial charge on any atom is -0.351 e. The molecule has 0 aliphatic carbocycles. The predicted molar refractivity (Wildman–Crippen MR) is 91.3 cm³/mol. The molecule has 0 fully saturated rings. The highest BCUT2D eigenvalue weighted by Crippen LogP contribution is 2.26. The van der Waals surface area contributed by atoms with Gasteiger partial charge in [-0.25, -0.2) is 0 Å². The summed E-state index contributed by atoms with van der Waals surface area (Å²) in [4.78, 5) is 0. The van der Waals surface area contributed by atoms with E-state index in [0.29, 0.717) is 39.4 Å². The molecule has 134 valence electrons. The second kappa shape index (κ2) is 14.3. The molecule has 0 saturated carbocycles. The van der Waals surface area contributed by atoms with Crippen molar-refractivity contribution < 1.29 is 22.4 Å². The first-order chi connectivity index (χ1) is 10.5. The van der Waals surface area contributed by atoms with Crippen LogP contribution in [-0.2, 0) is 22.4 Å². The Hall–Kier alpha value is -0.283. The van der Waals surface area contributed by atoms with Gasteiger partial charge in [-0.2, -0.15) is 0 Å². The van der Waals surface area contributed by atoms with E-state index in [1.54, 1.807) is 0 Å². The fourth-order valence-electron chi connectivity index (χ4n) is 1.89. The molecule has 0 heterocycles. The molecule has 0 aromatic carbocycles. The molecule has 0 spiro atoms. The van der Waals surface area contributed by atoms with Crippen molar-refractivity contribution >= 4 is 9.05 Å². The van der Waals surface area contributed by atoms with Crippen molar-refractivity contribution in [3.05, 3.63) is 13.2 Å². The Balaban J connectivity index is 0. The van der Waals surface area contributed by atoms with Crippen LogP contribution < -0.4 is 5.73 Å². The van der Waals surface area contributed by atoms with Gasteiger partial charge >= 0.3 is 9.05 Å². The average molecular weight is 338 g/mol. The molecule has 0 radical (unpaired) electrons. The van der Waals surface area contributed by atoms with Crippen LogP contribution in [0.25, 0.3) is 0 Å². The van der Waals surface area contributed by atoms with Gasteiger partial charge in [0.1, 0.15) is 0 Å². The molecule has 0 rings (SSSR count). The zero-order valence-electron chi connectivity index (χ0n) is 15.0. The van der Waals surface area contributed by atoms with E-state index in [-0.39, 0.29) is 0 Å². The summed E-state index contributed by atoms with van der Waals surface area (Å²) in [7, 11) is -3.18. The predicted octanol–water partition coefficient (Wildman–Crippen LogP) is 2.84. The SMILES string of the molecule is C=C.CCOC(C)(CCCN)O[Si](OCC)(OCC)OCC. The highest BCUT2D eigenvalue weighted by atomic mass is 28.4. The van der Waals surface area contributed by atoms with Crippen LogP contribution in [0.15, 0.2) is 13.2 Å². The van der Waals surface area contributed by atoms with E-state index in [4.69, 9.17) is 28.2 Å². The van der Waals surface area contributed by atoms with Crippen LogP contribution >= 0.6 is 0 Å². The third-order valence-electron chi connectivity index (χ3n) is 2.59. The van der Waals surface area contributed by atoms with Gasteiger partial charge in [0.2, 0.25) is 0 Å². The molecule has 1 unspecified atom stereocenters. The van der Waals surface area contributed by atoms with Crippen molar-refractivity contribution in [3.8, 4) is 0 Å². The molecule has 0 saturated heterocycles. The maximum absolute atomic E-state index is 6.08. The monoisotopic (exact) mass is 337 g/mol. The van der Waals surface area contributed by atoms with Gasteiger partial charge in [-0.15, -0.1) is 13.2 Å². The summed E-state index contributed by atoms with van der Waals surface area (Å²) < 4.78 is 28.9. The van der Waals surface area contributed by atoms with Crippen molar-refractivity contribution in [2.45, 2.75) is 53.2 Å². The Kier molecular flexibility index (Phi) is 15.6. The molecular formula is C15H35NO5Si. The van der Waals surface area contributed by atoms with E-state index in [1.807, 2.05) is 34.6 Å². The molecule has 0 aromatic rings. The van der Waals surface area contributed by atoms with Gasteiger partial charge in [-0.1, -0.05) is 0 Å². The molecule has 1 atom stereocenters. The lowest BCUT2D eigenvalue weighted by molar-refractivity contribution is -0.219.